The second-order valence-electron chi connectivity index (χ2n) is 2.98. The van der Waals surface area contributed by atoms with Gasteiger partial charge in [-0.1, -0.05) is 12.1 Å². The van der Waals surface area contributed by atoms with Gasteiger partial charge in [-0.2, -0.15) is 0 Å². The molecule has 1 aromatic carbocycles. The summed E-state index contributed by atoms with van der Waals surface area (Å²) in [6.45, 7) is 1.56. The molecule has 100 valence electrons. The highest BCUT2D eigenvalue weighted by Crippen LogP contribution is 2.25. The molecule has 0 spiro atoms. The van der Waals surface area contributed by atoms with E-state index in [9.17, 15) is 0 Å². The molecule has 1 aliphatic heterocycles. The Morgan fingerprint density at radius 3 is 2.11 bits per heavy atom. The fourth-order valence-corrected chi connectivity index (χ4v) is 1.57. The number of para-hydroxylation sites is 1. The van der Waals surface area contributed by atoms with Gasteiger partial charge >= 0.3 is 7.82 Å². The summed E-state index contributed by atoms with van der Waals surface area (Å²) in [5.74, 6) is 0. The van der Waals surface area contributed by atoms with E-state index in [2.05, 4.69) is 20.8 Å². The zero-order valence-electron chi connectivity index (χ0n) is 9.17. The molecule has 1 saturated heterocycles. The lowest BCUT2D eigenvalue weighted by atomic mass is 10.3. The number of benzene rings is 1. The van der Waals surface area contributed by atoms with Gasteiger partial charge in [0.15, 0.2) is 0 Å². The maximum Gasteiger partial charge on any atom is 0.466 e. The first kappa shape index (κ1) is 15.2. The number of hydrogen-bond donors (Lipinski definition) is 3. The van der Waals surface area contributed by atoms with Crippen LogP contribution < -0.4 is 0 Å². The average molecular weight is 293 g/mol. The molecule has 1 aromatic heterocycles. The molecule has 3 rings (SSSR count). The summed E-state index contributed by atoms with van der Waals surface area (Å²) in [6, 6.07) is 8.13. The van der Waals surface area contributed by atoms with Gasteiger partial charge in [-0.05, 0) is 12.1 Å². The van der Waals surface area contributed by atoms with Crippen LogP contribution in [0.3, 0.4) is 0 Å². The molecular formula is C9H12NO6PS. The zero-order chi connectivity index (χ0) is 13.4. The lowest BCUT2D eigenvalue weighted by Crippen LogP contribution is -2.14. The number of aromatic nitrogens is 1. The quantitative estimate of drug-likeness (QED) is 0.496. The number of phosphoric acid groups is 1. The molecule has 2 aromatic rings. The fourth-order valence-electron chi connectivity index (χ4n) is 0.887. The summed E-state index contributed by atoms with van der Waals surface area (Å²) in [6.07, 6.45) is 0. The molecule has 3 N–H and O–H groups in total. The molecule has 0 radical (unpaired) electrons. The summed E-state index contributed by atoms with van der Waals surface area (Å²) in [4.78, 5) is 34.1. The van der Waals surface area contributed by atoms with E-state index >= 15 is 0 Å². The Labute approximate surface area is 107 Å². The fraction of sp³-hybridized carbons (Fsp3) is 0.222. The molecule has 0 atom stereocenters. The lowest BCUT2D eigenvalue weighted by molar-refractivity contribution is -0.382. The van der Waals surface area contributed by atoms with E-state index in [1.165, 1.54) is 4.70 Å². The topological polar surface area (TPSA) is 109 Å². The van der Waals surface area contributed by atoms with Crippen molar-refractivity contribution in [2.24, 2.45) is 0 Å². The van der Waals surface area contributed by atoms with Gasteiger partial charge in [-0.3, -0.25) is 0 Å². The van der Waals surface area contributed by atoms with E-state index in [-0.39, 0.29) is 0 Å². The molecule has 0 bridgehead atoms. The molecule has 7 nitrogen and oxygen atoms in total. The minimum atomic E-state index is -4.64. The molecule has 18 heavy (non-hydrogen) atoms. The van der Waals surface area contributed by atoms with Gasteiger partial charge in [-0.25, -0.2) is 19.3 Å². The summed E-state index contributed by atoms with van der Waals surface area (Å²) in [5, 5.41) is 0. The van der Waals surface area contributed by atoms with Crippen LogP contribution in [-0.2, 0) is 14.3 Å². The van der Waals surface area contributed by atoms with Crippen molar-refractivity contribution in [2.45, 2.75) is 0 Å². The van der Waals surface area contributed by atoms with E-state index in [0.29, 0.717) is 0 Å². The molecule has 1 aliphatic rings. The maximum absolute atomic E-state index is 8.88. The van der Waals surface area contributed by atoms with Crippen molar-refractivity contribution < 1.29 is 29.0 Å². The van der Waals surface area contributed by atoms with Crippen LogP contribution >= 0.6 is 19.2 Å². The number of rotatable bonds is 0. The van der Waals surface area contributed by atoms with E-state index in [0.717, 1.165) is 18.7 Å². The minimum absolute atomic E-state index is 0.778. The van der Waals surface area contributed by atoms with Gasteiger partial charge in [0.1, 0.15) is 13.2 Å². The number of hydrogen-bond acceptors (Lipinski definition) is 5. The SMILES string of the molecule is C1COO1.O=P(O)(O)O.c1ccc2scnc2c1. The molecule has 0 aliphatic carbocycles. The van der Waals surface area contributed by atoms with Crippen molar-refractivity contribution in [3.63, 3.8) is 0 Å². The van der Waals surface area contributed by atoms with Gasteiger partial charge < -0.3 is 14.7 Å². The van der Waals surface area contributed by atoms with Crippen molar-refractivity contribution in [3.8, 4) is 0 Å². The van der Waals surface area contributed by atoms with Crippen LogP contribution in [0, 0.1) is 0 Å². The van der Waals surface area contributed by atoms with Gasteiger partial charge in [-0.15, -0.1) is 11.3 Å². The molecule has 2 heterocycles. The van der Waals surface area contributed by atoms with Crippen LogP contribution in [0.15, 0.2) is 29.8 Å². The second kappa shape index (κ2) is 7.55. The number of fused-ring (bicyclic) bond motifs is 1. The van der Waals surface area contributed by atoms with Crippen LogP contribution in [0.4, 0.5) is 0 Å². The molecule has 0 unspecified atom stereocenters. The highest BCUT2D eigenvalue weighted by atomic mass is 32.1. The third-order valence-corrected chi connectivity index (χ3v) is 2.38. The van der Waals surface area contributed by atoms with Crippen LogP contribution in [0.5, 0.6) is 0 Å². The molecule has 0 saturated carbocycles. The van der Waals surface area contributed by atoms with Gasteiger partial charge in [0.25, 0.3) is 0 Å². The second-order valence-corrected chi connectivity index (χ2v) is 4.89. The molecule has 9 heteroatoms. The van der Waals surface area contributed by atoms with E-state index in [1.807, 2.05) is 23.7 Å². The van der Waals surface area contributed by atoms with Gasteiger partial charge in [0, 0.05) is 0 Å². The molecule has 0 amide bonds. The Balaban J connectivity index is 0.000000153. The Morgan fingerprint density at radius 2 is 1.67 bits per heavy atom. The highest BCUT2D eigenvalue weighted by Gasteiger charge is 2.00. The van der Waals surface area contributed by atoms with Crippen molar-refractivity contribution in [2.75, 3.05) is 13.2 Å². The highest BCUT2D eigenvalue weighted by molar-refractivity contribution is 7.45. The normalized spacial score (nSPS) is 13.7. The van der Waals surface area contributed by atoms with Gasteiger partial charge in [0.2, 0.25) is 0 Å². The van der Waals surface area contributed by atoms with Crippen molar-refractivity contribution in [1.82, 2.24) is 4.98 Å². The first-order valence-corrected chi connectivity index (χ1v) is 7.22. The lowest BCUT2D eigenvalue weighted by Gasteiger charge is -2.08. The number of thiazole rings is 1. The van der Waals surface area contributed by atoms with Crippen LogP contribution in [0.25, 0.3) is 10.2 Å². The summed E-state index contributed by atoms with van der Waals surface area (Å²) in [5.41, 5.74) is 2.97. The van der Waals surface area contributed by atoms with Crippen LogP contribution in [0.1, 0.15) is 0 Å². The molecular weight excluding hydrogens is 281 g/mol. The van der Waals surface area contributed by atoms with E-state index < -0.39 is 7.82 Å². The largest absolute Gasteiger partial charge is 0.466 e. The Hall–Kier alpha value is -0.860. The predicted molar refractivity (Wildman–Crippen MR) is 65.8 cm³/mol. The summed E-state index contributed by atoms with van der Waals surface area (Å²) < 4.78 is 10.1. The number of nitrogens with zero attached hydrogens (tertiary/aromatic N) is 1. The summed E-state index contributed by atoms with van der Waals surface area (Å²) in [7, 11) is -4.64. The maximum atomic E-state index is 8.88. The zero-order valence-corrected chi connectivity index (χ0v) is 10.9. The smallest absolute Gasteiger partial charge is 0.303 e. The summed E-state index contributed by atoms with van der Waals surface area (Å²) >= 11 is 1.68. The molecule has 1 fully saturated rings. The Bertz CT molecular complexity index is 466. The van der Waals surface area contributed by atoms with Crippen molar-refractivity contribution in [1.29, 1.82) is 0 Å². The Morgan fingerprint density at radius 1 is 1.17 bits per heavy atom. The standard InChI is InChI=1S/C7H5NS.C2H4O2.H3O4P/c1-2-4-7-6(3-1)8-5-9-7;1-2-4-3-1;1-5(2,3)4/h1-5H;1-2H2;(H3,1,2,3,4). The predicted octanol–water partition coefficient (Wildman–Crippen LogP) is 1.32. The minimum Gasteiger partial charge on any atom is -0.303 e. The van der Waals surface area contributed by atoms with Crippen molar-refractivity contribution >= 4 is 29.4 Å². The first-order chi connectivity index (χ1) is 8.47. The Kier molecular flexibility index (Phi) is 6.37. The average Bonchev–Trinajstić information content (AvgIpc) is 2.59. The van der Waals surface area contributed by atoms with E-state index in [1.54, 1.807) is 11.3 Å². The van der Waals surface area contributed by atoms with Gasteiger partial charge in [0.05, 0.1) is 15.7 Å². The van der Waals surface area contributed by atoms with Crippen LogP contribution in [0.2, 0.25) is 0 Å². The first-order valence-electron chi connectivity index (χ1n) is 4.78. The third-order valence-electron chi connectivity index (χ3n) is 1.57. The monoisotopic (exact) mass is 293 g/mol. The third kappa shape index (κ3) is 7.46. The van der Waals surface area contributed by atoms with Crippen LogP contribution in [-0.4, -0.2) is 32.9 Å². The van der Waals surface area contributed by atoms with Crippen molar-refractivity contribution in [3.05, 3.63) is 29.8 Å². The van der Waals surface area contributed by atoms with E-state index in [4.69, 9.17) is 19.2 Å².